The van der Waals surface area contributed by atoms with E-state index in [0.717, 1.165) is 17.9 Å². The molecule has 0 saturated heterocycles. The lowest BCUT2D eigenvalue weighted by Crippen LogP contribution is -1.91. The molecule has 3 aromatic carbocycles. The molecule has 1 aromatic heterocycles. The molecular formula is C18H12N2. The molecule has 0 fully saturated rings. The minimum atomic E-state index is 0.927. The Bertz CT molecular complexity index is 979. The van der Waals surface area contributed by atoms with Gasteiger partial charge in [0.1, 0.15) is 5.82 Å². The van der Waals surface area contributed by atoms with Crippen molar-refractivity contribution >= 4 is 21.8 Å². The minimum absolute atomic E-state index is 0.927. The summed E-state index contributed by atoms with van der Waals surface area (Å²) in [5.41, 5.74) is 4.96. The van der Waals surface area contributed by atoms with Crippen LogP contribution in [-0.2, 0) is 6.54 Å². The average molecular weight is 256 g/mol. The molecule has 1 aliphatic heterocycles. The molecule has 0 atom stereocenters. The van der Waals surface area contributed by atoms with Gasteiger partial charge >= 0.3 is 0 Å². The van der Waals surface area contributed by atoms with E-state index in [-0.39, 0.29) is 0 Å². The van der Waals surface area contributed by atoms with E-state index in [2.05, 4.69) is 59.2 Å². The van der Waals surface area contributed by atoms with Gasteiger partial charge in [0.2, 0.25) is 0 Å². The van der Waals surface area contributed by atoms with E-state index in [1.54, 1.807) is 0 Å². The minimum Gasteiger partial charge on any atom is -0.319 e. The van der Waals surface area contributed by atoms with Gasteiger partial charge in [0.25, 0.3) is 0 Å². The summed E-state index contributed by atoms with van der Waals surface area (Å²) in [7, 11) is 0. The number of para-hydroxylation sites is 2. The van der Waals surface area contributed by atoms with E-state index in [1.165, 1.54) is 27.4 Å². The van der Waals surface area contributed by atoms with Crippen molar-refractivity contribution in [3.8, 4) is 11.4 Å². The number of nitrogens with zero attached hydrogens (tertiary/aromatic N) is 2. The van der Waals surface area contributed by atoms with Gasteiger partial charge in [-0.05, 0) is 40.6 Å². The summed E-state index contributed by atoms with van der Waals surface area (Å²) in [5, 5.41) is 2.59. The van der Waals surface area contributed by atoms with E-state index >= 15 is 0 Å². The van der Waals surface area contributed by atoms with E-state index in [9.17, 15) is 0 Å². The quantitative estimate of drug-likeness (QED) is 0.405. The molecule has 0 radical (unpaired) electrons. The Labute approximate surface area is 116 Å². The maximum atomic E-state index is 4.80. The molecule has 0 aliphatic carbocycles. The second-order valence-electron chi connectivity index (χ2n) is 5.37. The highest BCUT2D eigenvalue weighted by atomic mass is 15.1. The van der Waals surface area contributed by atoms with Crippen LogP contribution in [0.1, 0.15) is 5.56 Å². The first-order valence-electron chi connectivity index (χ1n) is 6.87. The Kier molecular flexibility index (Phi) is 1.78. The third-order valence-corrected chi connectivity index (χ3v) is 4.20. The van der Waals surface area contributed by atoms with Gasteiger partial charge in [-0.3, -0.25) is 0 Å². The fourth-order valence-corrected chi connectivity index (χ4v) is 3.24. The lowest BCUT2D eigenvalue weighted by atomic mass is 10.0. The number of hydrogen-bond donors (Lipinski definition) is 0. The molecule has 94 valence electrons. The number of rotatable bonds is 0. The summed E-state index contributed by atoms with van der Waals surface area (Å²) in [6.45, 7) is 0.927. The van der Waals surface area contributed by atoms with Crippen LogP contribution >= 0.6 is 0 Å². The zero-order valence-corrected chi connectivity index (χ0v) is 10.9. The molecule has 0 spiro atoms. The highest BCUT2D eigenvalue weighted by molar-refractivity contribution is 5.91. The molecule has 5 rings (SSSR count). The summed E-state index contributed by atoms with van der Waals surface area (Å²) >= 11 is 0. The van der Waals surface area contributed by atoms with Crippen LogP contribution in [-0.4, -0.2) is 9.55 Å². The van der Waals surface area contributed by atoms with Gasteiger partial charge in [0, 0.05) is 5.56 Å². The number of fused-ring (bicyclic) bond motifs is 6. The predicted octanol–water partition coefficient (Wildman–Crippen LogP) is 4.22. The van der Waals surface area contributed by atoms with Gasteiger partial charge in [-0.25, -0.2) is 4.98 Å². The summed E-state index contributed by atoms with van der Waals surface area (Å²) in [6.07, 6.45) is 0. The van der Waals surface area contributed by atoms with Crippen molar-refractivity contribution < 1.29 is 0 Å². The standard InChI is InChI=1S/C18H12N2/c1-2-6-13-10-15-14(9-12(13)5-1)11-20-17-8-4-3-7-16(17)19-18(15)20/h1-10H,11H2. The summed E-state index contributed by atoms with van der Waals surface area (Å²) in [4.78, 5) is 4.80. The first kappa shape index (κ1) is 10.2. The summed E-state index contributed by atoms with van der Waals surface area (Å²) in [5.74, 6) is 1.10. The van der Waals surface area contributed by atoms with Crippen LogP contribution in [0.2, 0.25) is 0 Å². The maximum absolute atomic E-state index is 4.80. The monoisotopic (exact) mass is 256 g/mol. The largest absolute Gasteiger partial charge is 0.319 e. The molecule has 1 aliphatic rings. The van der Waals surface area contributed by atoms with Gasteiger partial charge in [0.05, 0.1) is 17.6 Å². The van der Waals surface area contributed by atoms with Crippen molar-refractivity contribution in [2.45, 2.75) is 6.54 Å². The molecule has 2 heterocycles. The van der Waals surface area contributed by atoms with Crippen LogP contribution in [0.3, 0.4) is 0 Å². The molecular weight excluding hydrogens is 244 g/mol. The van der Waals surface area contributed by atoms with Gasteiger partial charge in [-0.1, -0.05) is 36.4 Å². The molecule has 4 aromatic rings. The van der Waals surface area contributed by atoms with Crippen molar-refractivity contribution in [2.75, 3.05) is 0 Å². The molecule has 0 bridgehead atoms. The maximum Gasteiger partial charge on any atom is 0.141 e. The highest BCUT2D eigenvalue weighted by Gasteiger charge is 2.22. The Morgan fingerprint density at radius 1 is 0.850 bits per heavy atom. The van der Waals surface area contributed by atoms with E-state index in [4.69, 9.17) is 4.98 Å². The molecule has 2 nitrogen and oxygen atoms in total. The Hall–Kier alpha value is -2.61. The molecule has 0 unspecified atom stereocenters. The number of aromatic nitrogens is 2. The Morgan fingerprint density at radius 3 is 2.50 bits per heavy atom. The van der Waals surface area contributed by atoms with Gasteiger partial charge in [-0.2, -0.15) is 0 Å². The lowest BCUT2D eigenvalue weighted by Gasteiger charge is -2.02. The summed E-state index contributed by atoms with van der Waals surface area (Å²) < 4.78 is 2.32. The van der Waals surface area contributed by atoms with Crippen LogP contribution in [0.25, 0.3) is 33.2 Å². The normalized spacial score (nSPS) is 12.8. The first-order chi connectivity index (χ1) is 9.90. The van der Waals surface area contributed by atoms with Crippen LogP contribution in [0, 0.1) is 0 Å². The molecule has 2 heteroatoms. The van der Waals surface area contributed by atoms with Gasteiger partial charge in [-0.15, -0.1) is 0 Å². The van der Waals surface area contributed by atoms with Crippen LogP contribution < -0.4 is 0 Å². The average Bonchev–Trinajstić information content (AvgIpc) is 3.01. The Morgan fingerprint density at radius 2 is 1.60 bits per heavy atom. The Balaban J connectivity index is 1.87. The topological polar surface area (TPSA) is 17.8 Å². The van der Waals surface area contributed by atoms with Gasteiger partial charge < -0.3 is 4.57 Å². The smallest absolute Gasteiger partial charge is 0.141 e. The van der Waals surface area contributed by atoms with E-state index in [0.29, 0.717) is 0 Å². The van der Waals surface area contributed by atoms with E-state index in [1.807, 2.05) is 6.07 Å². The van der Waals surface area contributed by atoms with Crippen LogP contribution in [0.4, 0.5) is 0 Å². The van der Waals surface area contributed by atoms with Crippen molar-refractivity contribution in [3.05, 3.63) is 66.2 Å². The third kappa shape index (κ3) is 1.21. The van der Waals surface area contributed by atoms with Crippen molar-refractivity contribution in [1.82, 2.24) is 9.55 Å². The highest BCUT2D eigenvalue weighted by Crippen LogP contribution is 2.36. The second kappa shape index (κ2) is 3.48. The number of benzene rings is 3. The predicted molar refractivity (Wildman–Crippen MR) is 81.8 cm³/mol. The number of imidazole rings is 1. The zero-order valence-electron chi connectivity index (χ0n) is 10.9. The van der Waals surface area contributed by atoms with Crippen LogP contribution in [0.15, 0.2) is 60.7 Å². The molecule has 0 saturated carbocycles. The second-order valence-corrected chi connectivity index (χ2v) is 5.37. The fourth-order valence-electron chi connectivity index (χ4n) is 3.24. The fraction of sp³-hybridized carbons (Fsp3) is 0.0556. The summed E-state index contributed by atoms with van der Waals surface area (Å²) in [6, 6.07) is 21.5. The van der Waals surface area contributed by atoms with Crippen molar-refractivity contribution in [3.63, 3.8) is 0 Å². The SMILES string of the molecule is c1ccc2cc3c(cc2c1)Cn1c-3nc2ccccc21. The molecule has 20 heavy (non-hydrogen) atoms. The number of hydrogen-bond acceptors (Lipinski definition) is 1. The first-order valence-corrected chi connectivity index (χ1v) is 6.87. The van der Waals surface area contributed by atoms with E-state index < -0.39 is 0 Å². The zero-order chi connectivity index (χ0) is 13.1. The third-order valence-electron chi connectivity index (χ3n) is 4.20. The van der Waals surface area contributed by atoms with Crippen molar-refractivity contribution in [1.29, 1.82) is 0 Å². The van der Waals surface area contributed by atoms with Gasteiger partial charge in [0.15, 0.2) is 0 Å². The lowest BCUT2D eigenvalue weighted by molar-refractivity contribution is 0.879. The van der Waals surface area contributed by atoms with Crippen molar-refractivity contribution in [2.24, 2.45) is 0 Å². The molecule has 0 amide bonds. The van der Waals surface area contributed by atoms with Crippen LogP contribution in [0.5, 0.6) is 0 Å². The molecule has 0 N–H and O–H groups in total.